The highest BCUT2D eigenvalue weighted by Gasteiger charge is 2.16. The van der Waals surface area contributed by atoms with Crippen molar-refractivity contribution in [3.8, 4) is 0 Å². The van der Waals surface area contributed by atoms with Crippen molar-refractivity contribution in [2.24, 2.45) is 0 Å². The lowest BCUT2D eigenvalue weighted by Crippen LogP contribution is -2.01. The number of hydrogen-bond donors (Lipinski definition) is 1. The Morgan fingerprint density at radius 2 is 1.88 bits per heavy atom. The minimum atomic E-state index is -0.710. The Kier molecular flexibility index (Phi) is 3.87. The van der Waals surface area contributed by atoms with Crippen LogP contribution in [-0.2, 0) is 0 Å². The van der Waals surface area contributed by atoms with Gasteiger partial charge in [-0.05, 0) is 24.6 Å². The highest BCUT2D eigenvalue weighted by atomic mass is 79.9. The van der Waals surface area contributed by atoms with Crippen molar-refractivity contribution in [2.75, 3.05) is 0 Å². The summed E-state index contributed by atoms with van der Waals surface area (Å²) < 4.78 is 0.819. The van der Waals surface area contributed by atoms with Crippen LogP contribution in [0.1, 0.15) is 22.8 Å². The first-order chi connectivity index (χ1) is 8.09. The van der Waals surface area contributed by atoms with Gasteiger partial charge in [-0.3, -0.25) is 0 Å². The van der Waals surface area contributed by atoms with Crippen molar-refractivity contribution in [1.29, 1.82) is 0 Å². The van der Waals surface area contributed by atoms with E-state index in [1.54, 1.807) is 6.07 Å². The van der Waals surface area contributed by atoms with Crippen LogP contribution in [0.4, 0.5) is 0 Å². The van der Waals surface area contributed by atoms with Crippen molar-refractivity contribution >= 4 is 27.5 Å². The molecule has 1 nitrogen and oxygen atoms in total. The fourth-order valence-electron chi connectivity index (χ4n) is 1.78. The molecule has 1 N–H and O–H groups in total. The normalized spacial score (nSPS) is 12.5. The average Bonchev–Trinajstić information content (AvgIpc) is 2.28. The van der Waals surface area contributed by atoms with Gasteiger partial charge >= 0.3 is 0 Å². The van der Waals surface area contributed by atoms with Crippen LogP contribution >= 0.6 is 27.5 Å². The van der Waals surface area contributed by atoms with Crippen LogP contribution in [0.25, 0.3) is 0 Å². The van der Waals surface area contributed by atoms with Crippen molar-refractivity contribution in [2.45, 2.75) is 13.0 Å². The van der Waals surface area contributed by atoms with E-state index >= 15 is 0 Å². The molecule has 1 unspecified atom stereocenters. The maximum Gasteiger partial charge on any atom is 0.107 e. The van der Waals surface area contributed by atoms with Crippen molar-refractivity contribution in [3.05, 3.63) is 68.7 Å². The maximum absolute atomic E-state index is 10.4. The Labute approximate surface area is 114 Å². The van der Waals surface area contributed by atoms with E-state index in [0.717, 1.165) is 15.6 Å². The summed E-state index contributed by atoms with van der Waals surface area (Å²) in [5, 5.41) is 10.9. The van der Waals surface area contributed by atoms with Gasteiger partial charge in [-0.25, -0.2) is 0 Å². The van der Waals surface area contributed by atoms with Gasteiger partial charge in [0.1, 0.15) is 6.10 Å². The van der Waals surface area contributed by atoms with Crippen LogP contribution in [0.3, 0.4) is 0 Å². The number of hydrogen-bond acceptors (Lipinski definition) is 1. The van der Waals surface area contributed by atoms with Gasteiger partial charge in [0, 0.05) is 15.1 Å². The van der Waals surface area contributed by atoms with Gasteiger partial charge in [0.05, 0.1) is 0 Å². The van der Waals surface area contributed by atoms with Gasteiger partial charge in [0.15, 0.2) is 0 Å². The predicted octanol–water partition coefficient (Wildman–Crippen LogP) is 4.49. The second-order valence-corrected chi connectivity index (χ2v) is 5.21. The molecule has 0 saturated heterocycles. The minimum Gasteiger partial charge on any atom is -0.384 e. The Morgan fingerprint density at radius 3 is 2.53 bits per heavy atom. The third-order valence-electron chi connectivity index (χ3n) is 2.63. The molecule has 0 radical (unpaired) electrons. The largest absolute Gasteiger partial charge is 0.384 e. The first-order valence-electron chi connectivity index (χ1n) is 5.28. The summed E-state index contributed by atoms with van der Waals surface area (Å²) in [4.78, 5) is 0. The molecule has 0 amide bonds. The average molecular weight is 312 g/mol. The molecule has 17 heavy (non-hydrogen) atoms. The molecule has 0 heterocycles. The van der Waals surface area contributed by atoms with Crippen molar-refractivity contribution < 1.29 is 5.11 Å². The minimum absolute atomic E-state index is 0.563. The number of aliphatic hydroxyl groups excluding tert-OH is 1. The fraction of sp³-hybridized carbons (Fsp3) is 0.143. The molecule has 0 aliphatic heterocycles. The van der Waals surface area contributed by atoms with Gasteiger partial charge in [-0.2, -0.15) is 0 Å². The highest BCUT2D eigenvalue weighted by Crippen LogP contribution is 2.34. The third kappa shape index (κ3) is 2.71. The summed E-state index contributed by atoms with van der Waals surface area (Å²) in [6.07, 6.45) is -0.710. The Balaban J connectivity index is 2.47. The van der Waals surface area contributed by atoms with Gasteiger partial charge in [-0.1, -0.05) is 63.4 Å². The lowest BCUT2D eigenvalue weighted by molar-refractivity contribution is 0.219. The van der Waals surface area contributed by atoms with E-state index in [-0.39, 0.29) is 0 Å². The molecule has 88 valence electrons. The maximum atomic E-state index is 10.4. The lowest BCUT2D eigenvalue weighted by atomic mass is 10.00. The summed E-state index contributed by atoms with van der Waals surface area (Å²) in [6.45, 7) is 2.00. The summed E-state index contributed by atoms with van der Waals surface area (Å²) in [5.74, 6) is 0. The first-order valence-corrected chi connectivity index (χ1v) is 6.45. The molecule has 1 atom stereocenters. The van der Waals surface area contributed by atoms with Crippen LogP contribution in [0.2, 0.25) is 5.02 Å². The van der Waals surface area contributed by atoms with Crippen molar-refractivity contribution in [3.63, 3.8) is 0 Å². The van der Waals surface area contributed by atoms with Crippen molar-refractivity contribution in [1.82, 2.24) is 0 Å². The molecule has 3 heteroatoms. The van der Waals surface area contributed by atoms with E-state index < -0.39 is 6.10 Å². The molecule has 0 aliphatic carbocycles. The zero-order chi connectivity index (χ0) is 12.4. The second-order valence-electron chi connectivity index (χ2n) is 3.95. The quantitative estimate of drug-likeness (QED) is 0.866. The standard InChI is InChI=1S/C14H12BrClO/c1-9-4-2-5-10(8-9)14(17)13-11(15)6-3-7-12(13)16/h2-8,14,17H,1H3. The smallest absolute Gasteiger partial charge is 0.107 e. The third-order valence-corrected chi connectivity index (χ3v) is 3.65. The van der Waals surface area contributed by atoms with Gasteiger partial charge < -0.3 is 5.11 Å². The molecular formula is C14H12BrClO. The molecule has 0 saturated carbocycles. The summed E-state index contributed by atoms with van der Waals surface area (Å²) in [6, 6.07) is 13.3. The summed E-state index contributed by atoms with van der Waals surface area (Å²) >= 11 is 9.54. The van der Waals surface area contributed by atoms with Crippen LogP contribution in [0.5, 0.6) is 0 Å². The molecule has 0 spiro atoms. The molecule has 0 aromatic heterocycles. The molecule has 0 bridgehead atoms. The molecule has 2 rings (SSSR count). The van der Waals surface area contributed by atoms with E-state index in [9.17, 15) is 5.11 Å². The van der Waals surface area contributed by atoms with Crippen LogP contribution in [0, 0.1) is 6.92 Å². The summed E-state index contributed by atoms with van der Waals surface area (Å²) in [5.41, 5.74) is 2.67. The predicted molar refractivity (Wildman–Crippen MR) is 74.4 cm³/mol. The van der Waals surface area contributed by atoms with E-state index in [0.29, 0.717) is 10.6 Å². The Bertz CT molecular complexity index is 519. The first kappa shape index (κ1) is 12.6. The Hall–Kier alpha value is -0.830. The monoisotopic (exact) mass is 310 g/mol. The van der Waals surface area contributed by atoms with E-state index in [1.807, 2.05) is 43.3 Å². The molecule has 0 fully saturated rings. The second kappa shape index (κ2) is 5.21. The highest BCUT2D eigenvalue weighted by molar-refractivity contribution is 9.10. The zero-order valence-electron chi connectivity index (χ0n) is 9.32. The van der Waals surface area contributed by atoms with Gasteiger partial charge in [0.2, 0.25) is 0 Å². The zero-order valence-corrected chi connectivity index (χ0v) is 11.7. The topological polar surface area (TPSA) is 20.2 Å². The van der Waals surface area contributed by atoms with E-state index in [4.69, 9.17) is 11.6 Å². The molecular weight excluding hydrogens is 300 g/mol. The number of rotatable bonds is 2. The molecule has 2 aromatic carbocycles. The van der Waals surface area contributed by atoms with Crippen LogP contribution < -0.4 is 0 Å². The number of aryl methyl sites for hydroxylation is 1. The van der Waals surface area contributed by atoms with Crippen LogP contribution in [-0.4, -0.2) is 5.11 Å². The molecule has 0 aliphatic rings. The van der Waals surface area contributed by atoms with E-state index in [1.165, 1.54) is 0 Å². The molecule has 2 aromatic rings. The number of benzene rings is 2. The summed E-state index contributed by atoms with van der Waals surface area (Å²) in [7, 11) is 0. The number of halogens is 2. The van der Waals surface area contributed by atoms with E-state index in [2.05, 4.69) is 15.9 Å². The number of aliphatic hydroxyl groups is 1. The van der Waals surface area contributed by atoms with Gasteiger partial charge in [-0.15, -0.1) is 0 Å². The lowest BCUT2D eigenvalue weighted by Gasteiger charge is -2.15. The van der Waals surface area contributed by atoms with Crippen LogP contribution in [0.15, 0.2) is 46.9 Å². The van der Waals surface area contributed by atoms with Gasteiger partial charge in [0.25, 0.3) is 0 Å². The fourth-order valence-corrected chi connectivity index (χ4v) is 2.75. The Morgan fingerprint density at radius 1 is 1.18 bits per heavy atom. The SMILES string of the molecule is Cc1cccc(C(O)c2c(Cl)cccc2Br)c1.